The maximum atomic E-state index is 12.7. The summed E-state index contributed by atoms with van der Waals surface area (Å²) < 4.78 is 38.1. The zero-order valence-electron chi connectivity index (χ0n) is 13.0. The summed E-state index contributed by atoms with van der Waals surface area (Å²) >= 11 is 0. The monoisotopic (exact) mass is 303 g/mol. The highest BCUT2D eigenvalue weighted by Crippen LogP contribution is 2.30. The van der Waals surface area contributed by atoms with E-state index in [9.17, 15) is 18.3 Å². The third-order valence-corrected chi connectivity index (χ3v) is 4.08. The third kappa shape index (κ3) is 4.45. The van der Waals surface area contributed by atoms with Crippen LogP contribution in [0.2, 0.25) is 0 Å². The number of hydrogen-bond donors (Lipinski definition) is 1. The largest absolute Gasteiger partial charge is 0.416 e. The molecule has 1 aromatic rings. The van der Waals surface area contributed by atoms with Gasteiger partial charge in [-0.2, -0.15) is 13.2 Å². The molecule has 0 aliphatic heterocycles. The van der Waals surface area contributed by atoms with Gasteiger partial charge in [-0.05, 0) is 38.6 Å². The van der Waals surface area contributed by atoms with Crippen LogP contribution in [-0.4, -0.2) is 34.7 Å². The smallest absolute Gasteiger partial charge is 0.391 e. The van der Waals surface area contributed by atoms with Gasteiger partial charge in [-0.1, -0.05) is 32.0 Å². The van der Waals surface area contributed by atoms with Crippen molar-refractivity contribution in [1.82, 2.24) is 4.90 Å². The van der Waals surface area contributed by atoms with Gasteiger partial charge in [-0.25, -0.2) is 0 Å². The van der Waals surface area contributed by atoms with Gasteiger partial charge >= 0.3 is 6.18 Å². The summed E-state index contributed by atoms with van der Waals surface area (Å²) in [5, 5.41) is 10.4. The first-order valence-corrected chi connectivity index (χ1v) is 7.22. The zero-order chi connectivity index (χ0) is 16.3. The molecular weight excluding hydrogens is 279 g/mol. The minimum atomic E-state index is -4.35. The van der Waals surface area contributed by atoms with Crippen molar-refractivity contribution < 1.29 is 18.3 Å². The number of halogens is 3. The van der Waals surface area contributed by atoms with Crippen molar-refractivity contribution in [2.45, 2.75) is 51.9 Å². The third-order valence-electron chi connectivity index (χ3n) is 4.08. The number of hydrogen-bond acceptors (Lipinski definition) is 2. The lowest BCUT2D eigenvalue weighted by Crippen LogP contribution is -2.53. The summed E-state index contributed by atoms with van der Waals surface area (Å²) in [6, 6.07) is 5.17. The number of aliphatic hydroxyl groups excluding tert-OH is 1. The molecule has 0 radical (unpaired) electrons. The average Bonchev–Trinajstić information content (AvgIpc) is 2.39. The maximum absolute atomic E-state index is 12.7. The fraction of sp³-hybridized carbons (Fsp3) is 0.625. The second-order valence-electron chi connectivity index (χ2n) is 5.74. The van der Waals surface area contributed by atoms with Gasteiger partial charge in [0, 0.05) is 12.0 Å². The second-order valence-corrected chi connectivity index (χ2v) is 5.74. The lowest BCUT2D eigenvalue weighted by atomic mass is 9.89. The van der Waals surface area contributed by atoms with Crippen LogP contribution in [0.3, 0.4) is 0 Å². The van der Waals surface area contributed by atoms with Crippen LogP contribution in [0.1, 0.15) is 38.8 Å². The van der Waals surface area contributed by atoms with Crippen molar-refractivity contribution in [1.29, 1.82) is 0 Å². The lowest BCUT2D eigenvalue weighted by Gasteiger charge is -2.41. The highest BCUT2D eigenvalue weighted by Gasteiger charge is 2.34. The van der Waals surface area contributed by atoms with Crippen LogP contribution in [0.4, 0.5) is 13.2 Å². The fourth-order valence-electron chi connectivity index (χ4n) is 2.60. The van der Waals surface area contributed by atoms with Crippen LogP contribution in [0.25, 0.3) is 0 Å². The van der Waals surface area contributed by atoms with Crippen LogP contribution in [0.5, 0.6) is 0 Å². The molecule has 5 heteroatoms. The zero-order valence-corrected chi connectivity index (χ0v) is 13.0. The van der Waals surface area contributed by atoms with E-state index in [1.165, 1.54) is 6.07 Å². The Bertz CT molecular complexity index is 453. The van der Waals surface area contributed by atoms with E-state index in [-0.39, 0.29) is 6.42 Å². The molecular formula is C16H24F3NO. The van der Waals surface area contributed by atoms with Crippen LogP contribution < -0.4 is 0 Å². The highest BCUT2D eigenvalue weighted by atomic mass is 19.4. The van der Waals surface area contributed by atoms with Gasteiger partial charge in [0.1, 0.15) is 0 Å². The van der Waals surface area contributed by atoms with E-state index >= 15 is 0 Å². The normalized spacial score (nSPS) is 14.5. The molecule has 1 rings (SSSR count). The van der Waals surface area contributed by atoms with E-state index < -0.39 is 23.4 Å². The lowest BCUT2D eigenvalue weighted by molar-refractivity contribution is -0.137. The first kappa shape index (κ1) is 18.0. The Morgan fingerprint density at radius 3 is 2.19 bits per heavy atom. The molecule has 0 fully saturated rings. The molecule has 1 aromatic carbocycles. The number of likely N-dealkylation sites (N-methyl/N-ethyl adjacent to an activating group) is 1. The molecule has 0 aromatic heterocycles. The van der Waals surface area contributed by atoms with E-state index in [1.807, 2.05) is 27.7 Å². The van der Waals surface area contributed by atoms with E-state index in [2.05, 4.69) is 4.90 Å². The van der Waals surface area contributed by atoms with Crippen LogP contribution >= 0.6 is 0 Å². The Morgan fingerprint density at radius 2 is 1.71 bits per heavy atom. The molecule has 21 heavy (non-hydrogen) atoms. The summed E-state index contributed by atoms with van der Waals surface area (Å²) in [7, 11) is 0. The molecule has 1 atom stereocenters. The van der Waals surface area contributed by atoms with Crippen molar-refractivity contribution in [3.8, 4) is 0 Å². The SMILES string of the molecule is CCN(CC)C(C)(C)C(O)Cc1cccc(C(F)(F)F)c1. The van der Waals surface area contributed by atoms with Gasteiger partial charge < -0.3 is 5.11 Å². The Kier molecular flexibility index (Phi) is 5.82. The predicted octanol–water partition coefficient (Wildman–Crippen LogP) is 3.73. The van der Waals surface area contributed by atoms with E-state index in [0.29, 0.717) is 5.56 Å². The Labute approximate surface area is 124 Å². The van der Waals surface area contributed by atoms with E-state index in [1.54, 1.807) is 6.07 Å². The second kappa shape index (κ2) is 6.79. The molecule has 0 spiro atoms. The van der Waals surface area contributed by atoms with Crippen molar-refractivity contribution in [3.05, 3.63) is 35.4 Å². The molecule has 1 unspecified atom stereocenters. The minimum Gasteiger partial charge on any atom is -0.391 e. The fourth-order valence-corrected chi connectivity index (χ4v) is 2.60. The van der Waals surface area contributed by atoms with Gasteiger partial charge in [0.25, 0.3) is 0 Å². The number of aliphatic hydroxyl groups is 1. The number of rotatable bonds is 6. The summed E-state index contributed by atoms with van der Waals surface area (Å²) in [5.74, 6) is 0. The summed E-state index contributed by atoms with van der Waals surface area (Å²) in [5.41, 5.74) is -0.664. The van der Waals surface area contributed by atoms with Crippen molar-refractivity contribution in [2.75, 3.05) is 13.1 Å². The van der Waals surface area contributed by atoms with E-state index in [0.717, 1.165) is 25.2 Å². The first-order valence-electron chi connectivity index (χ1n) is 7.22. The molecule has 120 valence electrons. The van der Waals surface area contributed by atoms with Crippen molar-refractivity contribution in [2.24, 2.45) is 0 Å². The first-order chi connectivity index (χ1) is 9.62. The standard InChI is InChI=1S/C16H24F3NO/c1-5-20(6-2)15(3,4)14(21)11-12-8-7-9-13(10-12)16(17,18)19/h7-10,14,21H,5-6,11H2,1-4H3. The predicted molar refractivity (Wildman–Crippen MR) is 78.2 cm³/mol. The topological polar surface area (TPSA) is 23.5 Å². The molecule has 2 nitrogen and oxygen atoms in total. The summed E-state index contributed by atoms with van der Waals surface area (Å²) in [4.78, 5) is 2.10. The van der Waals surface area contributed by atoms with Crippen LogP contribution in [0.15, 0.2) is 24.3 Å². The van der Waals surface area contributed by atoms with Crippen LogP contribution in [0, 0.1) is 0 Å². The molecule has 0 saturated heterocycles. The van der Waals surface area contributed by atoms with Crippen LogP contribution in [-0.2, 0) is 12.6 Å². The number of alkyl halides is 3. The van der Waals surface area contributed by atoms with Gasteiger partial charge in [-0.15, -0.1) is 0 Å². The maximum Gasteiger partial charge on any atom is 0.416 e. The Balaban J connectivity index is 2.90. The van der Waals surface area contributed by atoms with Gasteiger partial charge in [-0.3, -0.25) is 4.90 Å². The molecule has 0 saturated carbocycles. The van der Waals surface area contributed by atoms with Gasteiger partial charge in [0.15, 0.2) is 0 Å². The van der Waals surface area contributed by atoms with E-state index in [4.69, 9.17) is 0 Å². The minimum absolute atomic E-state index is 0.202. The molecule has 0 amide bonds. The Hall–Kier alpha value is -1.07. The summed E-state index contributed by atoms with van der Waals surface area (Å²) in [6.07, 6.45) is -4.89. The molecule has 0 aliphatic carbocycles. The van der Waals surface area contributed by atoms with Gasteiger partial charge in [0.2, 0.25) is 0 Å². The molecule has 1 N–H and O–H groups in total. The van der Waals surface area contributed by atoms with Gasteiger partial charge in [0.05, 0.1) is 11.7 Å². The van der Waals surface area contributed by atoms with Crippen molar-refractivity contribution >= 4 is 0 Å². The molecule has 0 heterocycles. The summed E-state index contributed by atoms with van der Waals surface area (Å²) in [6.45, 7) is 9.40. The van der Waals surface area contributed by atoms with Crippen molar-refractivity contribution in [3.63, 3.8) is 0 Å². The quantitative estimate of drug-likeness (QED) is 0.865. The molecule has 0 bridgehead atoms. The molecule has 0 aliphatic rings. The average molecular weight is 303 g/mol. The number of benzene rings is 1. The Morgan fingerprint density at radius 1 is 1.14 bits per heavy atom. The number of nitrogens with zero attached hydrogens (tertiary/aromatic N) is 1. The highest BCUT2D eigenvalue weighted by molar-refractivity contribution is 5.26.